The molecule has 0 atom stereocenters. The number of anilines is 2. The highest BCUT2D eigenvalue weighted by atomic mass is 32.2. The maximum absolute atomic E-state index is 13.2. The average Bonchev–Trinajstić information content (AvgIpc) is 3.81. The zero-order valence-electron chi connectivity index (χ0n) is 36.9. The van der Waals surface area contributed by atoms with E-state index in [-0.39, 0.29) is 49.6 Å². The number of hydrogen-bond donors (Lipinski definition) is 4. The fourth-order valence-electron chi connectivity index (χ4n) is 6.33. The van der Waals surface area contributed by atoms with Crippen LogP contribution in [-0.4, -0.2) is 72.1 Å². The van der Waals surface area contributed by atoms with E-state index in [1.807, 2.05) is 0 Å². The quantitative estimate of drug-likeness (QED) is 0.0387. The predicted octanol–water partition coefficient (Wildman–Crippen LogP) is 6.89. The molecule has 4 N–H and O–H groups in total. The van der Waals surface area contributed by atoms with E-state index in [0.717, 1.165) is 21.3 Å². The summed E-state index contributed by atoms with van der Waals surface area (Å²) in [4.78, 5) is 44.6. The summed E-state index contributed by atoms with van der Waals surface area (Å²) in [5.74, 6) is -0.585. The standard InChI is InChI=1S/C43H40N10O13S3/c1-26-39(42(55)52(49-26)33-15-19-35(20-16-33)67(57,58)63-3)47-45-30-10-6-28(7-11-30)25-66-51-37-23-14-32(24-38(37)69(61,62)65-5)44-41(54)29-8-12-31(13-9-29)46-48-40-27(2)50-53(43(40)56)34-17-21-36(22-18-34)68(59,60)64-4/h6-24,49-51H,25H2,1-5H3,(H,44,54). The molecule has 0 saturated heterocycles. The van der Waals surface area contributed by atoms with Gasteiger partial charge in [0.25, 0.3) is 47.4 Å². The Hall–Kier alpha value is -7.72. The van der Waals surface area contributed by atoms with Gasteiger partial charge in [0.15, 0.2) is 11.4 Å². The molecule has 0 bridgehead atoms. The lowest BCUT2D eigenvalue weighted by Crippen LogP contribution is -2.14. The third-order valence-corrected chi connectivity index (χ3v) is 13.9. The molecule has 7 aromatic rings. The Morgan fingerprint density at radius 1 is 0.580 bits per heavy atom. The Balaban J connectivity index is 0.955. The minimum absolute atomic E-state index is 0.00178. The third-order valence-electron chi connectivity index (χ3n) is 10.0. The highest BCUT2D eigenvalue weighted by Crippen LogP contribution is 2.29. The van der Waals surface area contributed by atoms with E-state index in [0.29, 0.717) is 39.7 Å². The van der Waals surface area contributed by atoms with E-state index in [4.69, 9.17) is 9.02 Å². The number of aryl methyl sites for hydroxylation is 2. The Kier molecular flexibility index (Phi) is 14.4. The molecule has 0 unspecified atom stereocenters. The number of carbonyl (C=O) groups is 1. The Morgan fingerprint density at radius 3 is 1.48 bits per heavy atom. The summed E-state index contributed by atoms with van der Waals surface area (Å²) in [7, 11) is -9.06. The van der Waals surface area contributed by atoms with Gasteiger partial charge in [0.1, 0.15) is 4.90 Å². The second-order valence-electron chi connectivity index (χ2n) is 14.5. The molecule has 0 radical (unpaired) electrons. The van der Waals surface area contributed by atoms with Crippen LogP contribution < -0.4 is 21.9 Å². The summed E-state index contributed by atoms with van der Waals surface area (Å²) in [6.45, 7) is 3.22. The number of H-pyrrole nitrogens is 2. The smallest absolute Gasteiger partial charge is 0.299 e. The summed E-state index contributed by atoms with van der Waals surface area (Å²) in [5.41, 5.74) is 4.79. The summed E-state index contributed by atoms with van der Waals surface area (Å²) in [6, 6.07) is 27.5. The summed E-state index contributed by atoms with van der Waals surface area (Å²) in [6.07, 6.45) is 0. The molecule has 2 heterocycles. The molecule has 5 aromatic carbocycles. The van der Waals surface area contributed by atoms with Crippen molar-refractivity contribution < 1.29 is 47.4 Å². The zero-order chi connectivity index (χ0) is 49.7. The molecule has 358 valence electrons. The highest BCUT2D eigenvalue weighted by molar-refractivity contribution is 7.87. The lowest BCUT2D eigenvalue weighted by atomic mass is 10.2. The van der Waals surface area contributed by atoms with E-state index in [1.165, 1.54) is 100 Å². The molecule has 69 heavy (non-hydrogen) atoms. The van der Waals surface area contributed by atoms with Gasteiger partial charge in [0.2, 0.25) is 0 Å². The lowest BCUT2D eigenvalue weighted by Gasteiger charge is -2.14. The maximum atomic E-state index is 13.2. The second kappa shape index (κ2) is 20.2. The number of aromatic amines is 2. The van der Waals surface area contributed by atoms with Crippen molar-refractivity contribution in [2.75, 3.05) is 32.1 Å². The topological polar surface area (TPSA) is 305 Å². The van der Waals surface area contributed by atoms with Crippen LogP contribution in [0.2, 0.25) is 0 Å². The Morgan fingerprint density at radius 2 is 1.03 bits per heavy atom. The van der Waals surface area contributed by atoms with Gasteiger partial charge in [0, 0.05) is 11.3 Å². The fourth-order valence-corrected chi connectivity index (χ4v) is 8.48. The third kappa shape index (κ3) is 11.0. The molecule has 0 aliphatic heterocycles. The minimum Gasteiger partial charge on any atom is -0.322 e. The molecule has 0 aliphatic rings. The van der Waals surface area contributed by atoms with Gasteiger partial charge in [-0.05, 0) is 123 Å². The lowest BCUT2D eigenvalue weighted by molar-refractivity contribution is 0.102. The van der Waals surface area contributed by atoms with Crippen molar-refractivity contribution in [2.24, 2.45) is 20.5 Å². The zero-order valence-corrected chi connectivity index (χ0v) is 39.3. The van der Waals surface area contributed by atoms with E-state index < -0.39 is 47.4 Å². The Bertz CT molecular complexity index is 3570. The second-order valence-corrected chi connectivity index (χ2v) is 19.6. The van der Waals surface area contributed by atoms with Crippen molar-refractivity contribution in [3.05, 3.63) is 158 Å². The van der Waals surface area contributed by atoms with Crippen molar-refractivity contribution in [2.45, 2.75) is 35.1 Å². The van der Waals surface area contributed by atoms with Gasteiger partial charge in [-0.15, -0.1) is 10.2 Å². The number of rotatable bonds is 18. The van der Waals surface area contributed by atoms with Crippen LogP contribution >= 0.6 is 0 Å². The number of nitrogens with zero attached hydrogens (tertiary/aromatic N) is 6. The van der Waals surface area contributed by atoms with E-state index >= 15 is 0 Å². The largest absolute Gasteiger partial charge is 0.322 e. The van der Waals surface area contributed by atoms with Gasteiger partial charge in [0.05, 0.1) is 77.6 Å². The van der Waals surface area contributed by atoms with Crippen LogP contribution in [0.1, 0.15) is 27.3 Å². The molecule has 1 amide bonds. The van der Waals surface area contributed by atoms with Crippen LogP contribution in [0.5, 0.6) is 0 Å². The molecule has 23 nitrogen and oxygen atoms in total. The molecule has 0 saturated carbocycles. The van der Waals surface area contributed by atoms with Crippen molar-refractivity contribution in [3.8, 4) is 11.4 Å². The van der Waals surface area contributed by atoms with E-state index in [1.54, 1.807) is 38.1 Å². The van der Waals surface area contributed by atoms with Gasteiger partial charge in [-0.1, -0.05) is 12.1 Å². The van der Waals surface area contributed by atoms with Crippen LogP contribution in [0.3, 0.4) is 0 Å². The van der Waals surface area contributed by atoms with Crippen molar-refractivity contribution in [1.82, 2.24) is 19.6 Å². The normalized spacial score (nSPS) is 12.2. The van der Waals surface area contributed by atoms with Gasteiger partial charge in [-0.25, -0.2) is 9.36 Å². The molecule has 26 heteroatoms. The number of azo groups is 2. The first-order valence-corrected chi connectivity index (χ1v) is 24.2. The first-order chi connectivity index (χ1) is 32.8. The number of hydrogen-bond acceptors (Lipinski definition) is 18. The number of carbonyl (C=O) groups excluding carboxylic acids is 1. The van der Waals surface area contributed by atoms with Crippen LogP contribution in [0, 0.1) is 13.8 Å². The number of aromatic nitrogens is 4. The summed E-state index contributed by atoms with van der Waals surface area (Å²) >= 11 is 0. The molecule has 7 rings (SSSR count). The number of amides is 1. The molecule has 0 fully saturated rings. The van der Waals surface area contributed by atoms with Crippen molar-refractivity contribution >= 4 is 70.4 Å². The minimum atomic E-state index is -4.32. The van der Waals surface area contributed by atoms with Crippen LogP contribution in [0.15, 0.2) is 160 Å². The molecule has 0 aliphatic carbocycles. The van der Waals surface area contributed by atoms with Crippen LogP contribution in [0.25, 0.3) is 11.4 Å². The van der Waals surface area contributed by atoms with Crippen molar-refractivity contribution in [3.63, 3.8) is 0 Å². The number of benzene rings is 5. The maximum Gasteiger partial charge on any atom is 0.299 e. The number of nitrogens with one attached hydrogen (secondary N) is 4. The van der Waals surface area contributed by atoms with Gasteiger partial charge >= 0.3 is 0 Å². The fraction of sp³-hybridized carbons (Fsp3) is 0.140. The first kappa shape index (κ1) is 49.2. The first-order valence-electron chi connectivity index (χ1n) is 20.0. The molecule has 2 aromatic heterocycles. The molecule has 0 spiro atoms. The van der Waals surface area contributed by atoms with Crippen LogP contribution in [0.4, 0.5) is 34.1 Å². The van der Waals surface area contributed by atoms with Gasteiger partial charge in [-0.2, -0.15) is 35.5 Å². The molecular formula is C43H40N10O13S3. The predicted molar refractivity (Wildman–Crippen MR) is 249 cm³/mol. The van der Waals surface area contributed by atoms with E-state index in [2.05, 4.69) is 49.8 Å². The molecular weight excluding hydrogens is 961 g/mol. The highest BCUT2D eigenvalue weighted by Gasteiger charge is 2.21. The van der Waals surface area contributed by atoms with Gasteiger partial charge < -0.3 is 5.32 Å². The van der Waals surface area contributed by atoms with E-state index in [9.17, 15) is 39.6 Å². The summed E-state index contributed by atoms with van der Waals surface area (Å²) < 4.78 is 89.9. The average molecular weight is 1000 g/mol. The monoisotopic (exact) mass is 1000 g/mol. The van der Waals surface area contributed by atoms with Gasteiger partial charge in [-0.3, -0.25) is 47.4 Å². The SMILES string of the molecule is COS(=O)(=O)c1ccc(-n2[nH]c(C)c(N=Nc3ccc(CONc4ccc(NC(=O)c5ccc(N=Nc6c(C)[nH]n(-c7ccc(S(=O)(=O)OC)cc7)c6=O)cc5)cc4S(=O)(=O)OC)cc3)c2=O)cc1. The van der Waals surface area contributed by atoms with Crippen molar-refractivity contribution in [1.29, 1.82) is 0 Å². The Labute approximate surface area is 393 Å². The summed E-state index contributed by atoms with van der Waals surface area (Å²) in [5, 5.41) is 24.9. The van der Waals surface area contributed by atoms with Crippen LogP contribution in [-0.2, 0) is 54.3 Å².